The van der Waals surface area contributed by atoms with E-state index in [4.69, 9.17) is 11.6 Å². The zero-order valence-electron chi connectivity index (χ0n) is 13.7. The van der Waals surface area contributed by atoms with Gasteiger partial charge in [-0.15, -0.1) is 12.6 Å². The first-order chi connectivity index (χ1) is 12.9. The van der Waals surface area contributed by atoms with Crippen molar-refractivity contribution < 1.29 is 14.7 Å². The Kier molecular flexibility index (Phi) is 5.58. The largest absolute Gasteiger partial charge is 0.507 e. The predicted molar refractivity (Wildman–Crippen MR) is 105 cm³/mol. The van der Waals surface area contributed by atoms with Crippen LogP contribution >= 0.6 is 24.2 Å². The third-order valence-corrected chi connectivity index (χ3v) is 3.97. The van der Waals surface area contributed by atoms with Crippen molar-refractivity contribution in [3.8, 4) is 5.75 Å². The highest BCUT2D eigenvalue weighted by Crippen LogP contribution is 2.23. The molecule has 0 spiro atoms. The minimum atomic E-state index is -0.590. The number of aromatic nitrogens is 2. The standard InChI is InChI=1S/C18H13ClN4O3S/c19-10-3-6-15(21-9-10)23-18(26)16-13(2-1-7-20-16)22-17(25)12-5-4-11(27)8-14(12)24/h1-9,24,27H,(H,22,25)(H,21,23,26). The number of amides is 2. The molecule has 0 radical (unpaired) electrons. The van der Waals surface area contributed by atoms with E-state index in [2.05, 4.69) is 33.2 Å². The molecule has 3 rings (SSSR count). The van der Waals surface area contributed by atoms with Crippen LogP contribution in [0.1, 0.15) is 20.8 Å². The third kappa shape index (κ3) is 4.55. The molecule has 27 heavy (non-hydrogen) atoms. The second kappa shape index (κ2) is 8.07. The molecule has 3 aromatic rings. The molecule has 9 heteroatoms. The number of nitrogens with zero attached hydrogens (tertiary/aromatic N) is 2. The average molecular weight is 401 g/mol. The van der Waals surface area contributed by atoms with Gasteiger partial charge in [0.05, 0.1) is 16.3 Å². The van der Waals surface area contributed by atoms with Gasteiger partial charge >= 0.3 is 0 Å². The molecule has 0 bridgehead atoms. The highest BCUT2D eigenvalue weighted by molar-refractivity contribution is 7.80. The average Bonchev–Trinajstić information content (AvgIpc) is 2.64. The fraction of sp³-hybridized carbons (Fsp3) is 0. The van der Waals surface area contributed by atoms with E-state index in [1.807, 2.05) is 0 Å². The summed E-state index contributed by atoms with van der Waals surface area (Å²) in [5, 5.41) is 15.5. The van der Waals surface area contributed by atoms with Crippen LogP contribution in [0.25, 0.3) is 0 Å². The summed E-state index contributed by atoms with van der Waals surface area (Å²) in [5.74, 6) is -1.09. The lowest BCUT2D eigenvalue weighted by Gasteiger charge is -2.11. The highest BCUT2D eigenvalue weighted by Gasteiger charge is 2.18. The van der Waals surface area contributed by atoms with Gasteiger partial charge in [0.25, 0.3) is 11.8 Å². The summed E-state index contributed by atoms with van der Waals surface area (Å²) < 4.78 is 0. The Balaban J connectivity index is 1.82. The van der Waals surface area contributed by atoms with Crippen molar-refractivity contribution in [1.29, 1.82) is 0 Å². The van der Waals surface area contributed by atoms with Crippen LogP contribution in [0.4, 0.5) is 11.5 Å². The molecule has 0 fully saturated rings. The van der Waals surface area contributed by atoms with Gasteiger partial charge in [-0.1, -0.05) is 11.6 Å². The molecular weight excluding hydrogens is 388 g/mol. The van der Waals surface area contributed by atoms with Gasteiger partial charge in [-0.3, -0.25) is 9.59 Å². The number of phenolic OH excluding ortho intramolecular Hbond substituents is 1. The maximum Gasteiger partial charge on any atom is 0.277 e. The quantitative estimate of drug-likeness (QED) is 0.500. The van der Waals surface area contributed by atoms with Gasteiger partial charge in [0.2, 0.25) is 0 Å². The molecule has 0 saturated carbocycles. The van der Waals surface area contributed by atoms with Gasteiger partial charge in [0, 0.05) is 17.3 Å². The van der Waals surface area contributed by atoms with Crippen LogP contribution in [0, 0.1) is 0 Å². The predicted octanol–water partition coefficient (Wildman–Crippen LogP) is 3.63. The van der Waals surface area contributed by atoms with E-state index in [1.165, 1.54) is 30.6 Å². The van der Waals surface area contributed by atoms with Gasteiger partial charge in [0.1, 0.15) is 11.6 Å². The molecule has 2 amide bonds. The number of halogens is 1. The molecule has 2 heterocycles. The first kappa shape index (κ1) is 18.7. The smallest absolute Gasteiger partial charge is 0.277 e. The monoisotopic (exact) mass is 400 g/mol. The molecule has 0 aliphatic heterocycles. The summed E-state index contributed by atoms with van der Waals surface area (Å²) in [6, 6.07) is 10.6. The van der Waals surface area contributed by atoms with Crippen molar-refractivity contribution in [2.45, 2.75) is 4.90 Å². The van der Waals surface area contributed by atoms with E-state index in [1.54, 1.807) is 24.3 Å². The molecule has 0 saturated heterocycles. The molecule has 7 nitrogen and oxygen atoms in total. The number of aromatic hydroxyl groups is 1. The van der Waals surface area contributed by atoms with Crippen molar-refractivity contribution in [2.75, 3.05) is 10.6 Å². The van der Waals surface area contributed by atoms with Crippen molar-refractivity contribution in [3.63, 3.8) is 0 Å². The maximum atomic E-state index is 12.5. The second-order valence-electron chi connectivity index (χ2n) is 5.37. The van der Waals surface area contributed by atoms with Crippen LogP contribution in [0.5, 0.6) is 5.75 Å². The molecule has 3 N–H and O–H groups in total. The number of benzene rings is 1. The molecule has 2 aromatic heterocycles. The van der Waals surface area contributed by atoms with Crippen molar-refractivity contribution in [1.82, 2.24) is 9.97 Å². The Morgan fingerprint density at radius 3 is 2.56 bits per heavy atom. The van der Waals surface area contributed by atoms with Gasteiger partial charge < -0.3 is 15.7 Å². The lowest BCUT2D eigenvalue weighted by Crippen LogP contribution is -2.20. The van der Waals surface area contributed by atoms with Gasteiger partial charge in [-0.05, 0) is 42.5 Å². The van der Waals surface area contributed by atoms with Crippen molar-refractivity contribution in [2.24, 2.45) is 0 Å². The SMILES string of the molecule is O=C(Nc1cccnc1C(=O)Nc1ccc(Cl)cn1)c1ccc(S)cc1O. The fourth-order valence-corrected chi connectivity index (χ4v) is 2.52. The first-order valence-electron chi connectivity index (χ1n) is 7.65. The van der Waals surface area contributed by atoms with Gasteiger partial charge in [-0.2, -0.15) is 0 Å². The molecule has 0 aliphatic rings. The summed E-state index contributed by atoms with van der Waals surface area (Å²) >= 11 is 9.87. The van der Waals surface area contributed by atoms with Crippen molar-refractivity contribution >= 4 is 47.5 Å². The summed E-state index contributed by atoms with van der Waals surface area (Å²) in [6.07, 6.45) is 2.82. The number of carbonyl (C=O) groups is 2. The van der Waals surface area contributed by atoms with Gasteiger partial charge in [-0.25, -0.2) is 9.97 Å². The number of thiol groups is 1. The second-order valence-corrected chi connectivity index (χ2v) is 6.32. The Morgan fingerprint density at radius 2 is 1.85 bits per heavy atom. The third-order valence-electron chi connectivity index (χ3n) is 3.47. The zero-order valence-corrected chi connectivity index (χ0v) is 15.3. The van der Waals surface area contributed by atoms with E-state index >= 15 is 0 Å². The summed E-state index contributed by atoms with van der Waals surface area (Å²) in [4.78, 5) is 33.4. The van der Waals surface area contributed by atoms with E-state index in [-0.39, 0.29) is 28.5 Å². The molecule has 0 aliphatic carbocycles. The van der Waals surface area contributed by atoms with Gasteiger partial charge in [0.15, 0.2) is 5.69 Å². The maximum absolute atomic E-state index is 12.5. The van der Waals surface area contributed by atoms with Crippen LogP contribution < -0.4 is 10.6 Å². The van der Waals surface area contributed by atoms with Crippen LogP contribution in [0.2, 0.25) is 5.02 Å². The number of anilines is 2. The van der Waals surface area contributed by atoms with Crippen LogP contribution in [0.15, 0.2) is 59.8 Å². The Morgan fingerprint density at radius 1 is 1.04 bits per heavy atom. The summed E-state index contributed by atoms with van der Waals surface area (Å²) in [6.45, 7) is 0. The molecule has 136 valence electrons. The molecule has 0 unspecified atom stereocenters. The molecule has 0 atom stereocenters. The van der Waals surface area contributed by atoms with E-state index in [0.717, 1.165) is 0 Å². The molecule has 1 aromatic carbocycles. The van der Waals surface area contributed by atoms with Crippen LogP contribution in [-0.4, -0.2) is 26.9 Å². The lowest BCUT2D eigenvalue weighted by molar-refractivity contribution is 0.102. The first-order valence-corrected chi connectivity index (χ1v) is 8.48. The normalized spacial score (nSPS) is 10.3. The van der Waals surface area contributed by atoms with Crippen LogP contribution in [-0.2, 0) is 0 Å². The number of nitrogens with one attached hydrogen (secondary N) is 2. The number of hydrogen-bond acceptors (Lipinski definition) is 6. The molecular formula is C18H13ClN4O3S. The topological polar surface area (TPSA) is 104 Å². The number of carbonyl (C=O) groups excluding carboxylic acids is 2. The zero-order chi connectivity index (χ0) is 19.4. The Labute approximate surface area is 164 Å². The van der Waals surface area contributed by atoms with Crippen LogP contribution in [0.3, 0.4) is 0 Å². The summed E-state index contributed by atoms with van der Waals surface area (Å²) in [7, 11) is 0. The van der Waals surface area contributed by atoms with Crippen molar-refractivity contribution in [3.05, 3.63) is 71.1 Å². The fourth-order valence-electron chi connectivity index (χ4n) is 2.21. The van der Waals surface area contributed by atoms with E-state index in [9.17, 15) is 14.7 Å². The number of phenols is 1. The number of pyridine rings is 2. The van der Waals surface area contributed by atoms with E-state index < -0.39 is 11.8 Å². The minimum Gasteiger partial charge on any atom is -0.507 e. The Hall–Kier alpha value is -3.10. The minimum absolute atomic E-state index is 0.00657. The number of rotatable bonds is 4. The summed E-state index contributed by atoms with van der Waals surface area (Å²) in [5.41, 5.74) is 0.221. The Bertz CT molecular complexity index is 1010. The van der Waals surface area contributed by atoms with E-state index in [0.29, 0.717) is 9.92 Å². The highest BCUT2D eigenvalue weighted by atomic mass is 35.5. The lowest BCUT2D eigenvalue weighted by atomic mass is 10.1. The number of hydrogen-bond donors (Lipinski definition) is 4.